The van der Waals surface area contributed by atoms with Crippen molar-refractivity contribution < 1.29 is 64.3 Å². The van der Waals surface area contributed by atoms with Gasteiger partial charge in [0.1, 0.15) is 0 Å². The van der Waals surface area contributed by atoms with Gasteiger partial charge in [0.2, 0.25) is 0 Å². The first kappa shape index (κ1) is 13.4. The summed E-state index contributed by atoms with van der Waals surface area (Å²) in [4.78, 5) is 3.54. The molecule has 0 bridgehead atoms. The Morgan fingerprint density at radius 2 is 1.92 bits per heavy atom. The number of nitrogens with zero attached hydrogens (tertiary/aromatic N) is 1. The van der Waals surface area contributed by atoms with E-state index in [-0.39, 0.29) is 57.1 Å². The Hall–Kier alpha value is 0.381. The number of halogens is 3. The van der Waals surface area contributed by atoms with E-state index < -0.39 is 12.4 Å². The van der Waals surface area contributed by atoms with Crippen LogP contribution in [0.4, 0.5) is 12.9 Å². The van der Waals surface area contributed by atoms with Gasteiger partial charge in [-0.3, -0.25) is 4.98 Å². The SMILES string of the molecule is C=C(c1ccccn1)[B-](F)(F)F.[K+]. The van der Waals surface area contributed by atoms with Crippen molar-refractivity contribution >= 4 is 12.4 Å². The maximum atomic E-state index is 12.1. The third kappa shape index (κ3) is 3.95. The summed E-state index contributed by atoms with van der Waals surface area (Å²) < 4.78 is 36.2. The molecule has 0 amide bonds. The monoisotopic (exact) mass is 211 g/mol. The molecule has 0 aliphatic carbocycles. The predicted octanol–water partition coefficient (Wildman–Crippen LogP) is -0.515. The van der Waals surface area contributed by atoms with Crippen molar-refractivity contribution in [3.8, 4) is 0 Å². The molecule has 0 saturated heterocycles. The number of aromatic nitrogens is 1. The third-order valence-electron chi connectivity index (χ3n) is 1.39. The van der Waals surface area contributed by atoms with Crippen molar-refractivity contribution in [2.24, 2.45) is 0 Å². The van der Waals surface area contributed by atoms with E-state index in [9.17, 15) is 12.9 Å². The van der Waals surface area contributed by atoms with Crippen molar-refractivity contribution in [2.75, 3.05) is 0 Å². The molecule has 6 heteroatoms. The summed E-state index contributed by atoms with van der Waals surface area (Å²) >= 11 is 0. The predicted molar refractivity (Wildman–Crippen MR) is 42.3 cm³/mol. The molecule has 13 heavy (non-hydrogen) atoms. The Balaban J connectivity index is 0.00000144. The molecule has 0 spiro atoms. The van der Waals surface area contributed by atoms with Crippen LogP contribution in [0.1, 0.15) is 5.69 Å². The van der Waals surface area contributed by atoms with Gasteiger partial charge in [0.05, 0.1) is 0 Å². The number of rotatable bonds is 2. The molecule has 0 radical (unpaired) electrons. The molecule has 0 fully saturated rings. The molecule has 0 saturated carbocycles. The second-order valence-electron chi connectivity index (χ2n) is 2.31. The quantitative estimate of drug-likeness (QED) is 0.600. The van der Waals surface area contributed by atoms with Crippen LogP contribution in [0.25, 0.3) is 5.47 Å². The Bertz CT molecular complexity index is 286. The Labute approximate surface area is 117 Å². The molecular formula is C7H6BF3KN. The van der Waals surface area contributed by atoms with Crippen LogP contribution in [0.5, 0.6) is 0 Å². The molecule has 1 aromatic heterocycles. The molecule has 1 rings (SSSR count). The second kappa shape index (κ2) is 5.31. The van der Waals surface area contributed by atoms with Crippen molar-refractivity contribution in [1.82, 2.24) is 4.98 Å². The smallest absolute Gasteiger partial charge is 0.445 e. The van der Waals surface area contributed by atoms with Crippen molar-refractivity contribution in [2.45, 2.75) is 0 Å². The normalized spacial score (nSPS) is 10.4. The Morgan fingerprint density at radius 3 is 2.31 bits per heavy atom. The van der Waals surface area contributed by atoms with Crippen LogP contribution >= 0.6 is 0 Å². The molecule has 0 atom stereocenters. The Morgan fingerprint density at radius 1 is 1.31 bits per heavy atom. The fraction of sp³-hybridized carbons (Fsp3) is 0. The molecule has 0 aliphatic heterocycles. The molecule has 0 unspecified atom stereocenters. The van der Waals surface area contributed by atoms with Gasteiger partial charge in [-0.2, -0.15) is 0 Å². The van der Waals surface area contributed by atoms with Crippen LogP contribution in [0.2, 0.25) is 0 Å². The van der Waals surface area contributed by atoms with Crippen LogP contribution < -0.4 is 51.4 Å². The van der Waals surface area contributed by atoms with Crippen LogP contribution in [-0.4, -0.2) is 12.0 Å². The zero-order chi connectivity index (χ0) is 9.19. The fourth-order valence-electron chi connectivity index (χ4n) is 0.720. The summed E-state index contributed by atoms with van der Waals surface area (Å²) in [6, 6.07) is 4.34. The second-order valence-corrected chi connectivity index (χ2v) is 2.31. The van der Waals surface area contributed by atoms with Gasteiger partial charge in [0.25, 0.3) is 0 Å². The minimum absolute atomic E-state index is 0. The van der Waals surface area contributed by atoms with Gasteiger partial charge in [0, 0.05) is 11.9 Å². The van der Waals surface area contributed by atoms with Crippen molar-refractivity contribution in [1.29, 1.82) is 0 Å². The average Bonchev–Trinajstić information content (AvgIpc) is 2.03. The van der Waals surface area contributed by atoms with E-state index in [0.29, 0.717) is 0 Å². The van der Waals surface area contributed by atoms with E-state index in [0.717, 1.165) is 0 Å². The van der Waals surface area contributed by atoms with Crippen molar-refractivity contribution in [3.63, 3.8) is 0 Å². The van der Waals surface area contributed by atoms with Gasteiger partial charge >= 0.3 is 58.4 Å². The number of pyridine rings is 1. The van der Waals surface area contributed by atoms with E-state index in [4.69, 9.17) is 0 Å². The first-order valence-corrected chi connectivity index (χ1v) is 3.32. The molecule has 0 aliphatic rings. The maximum Gasteiger partial charge on any atom is 1.00 e. The van der Waals surface area contributed by atoms with Gasteiger partial charge in [-0.25, -0.2) is 0 Å². The minimum atomic E-state index is -5.01. The zero-order valence-corrected chi connectivity index (χ0v) is 10.3. The summed E-state index contributed by atoms with van der Waals surface area (Å²) in [5.41, 5.74) is -0.958. The summed E-state index contributed by atoms with van der Waals surface area (Å²) in [5, 5.41) is 0. The van der Waals surface area contributed by atoms with Crippen LogP contribution in [0, 0.1) is 0 Å². The standard InChI is InChI=1S/C7H6BF3N.K/c1-6(8(9,10)11)7-4-2-3-5-12-7;/h2-5H,1H2;/q-1;+1. The van der Waals surface area contributed by atoms with E-state index in [1.807, 2.05) is 0 Å². The summed E-state index contributed by atoms with van der Waals surface area (Å²) in [6.07, 6.45) is 1.31. The zero-order valence-electron chi connectivity index (χ0n) is 7.17. The first-order chi connectivity index (χ1) is 5.52. The molecule has 1 aromatic rings. The van der Waals surface area contributed by atoms with Gasteiger partial charge in [-0.1, -0.05) is 11.5 Å². The third-order valence-corrected chi connectivity index (χ3v) is 1.39. The number of hydrogen-bond acceptors (Lipinski definition) is 1. The molecule has 1 heterocycles. The summed E-state index contributed by atoms with van der Waals surface area (Å²) in [5.74, 6) is 0. The van der Waals surface area contributed by atoms with Crippen LogP contribution in [0.15, 0.2) is 31.0 Å². The molecule has 64 valence electrons. The fourth-order valence-corrected chi connectivity index (χ4v) is 0.720. The molecule has 0 aromatic carbocycles. The van der Waals surface area contributed by atoms with Gasteiger partial charge in [-0.15, -0.1) is 6.58 Å². The topological polar surface area (TPSA) is 12.9 Å². The maximum absolute atomic E-state index is 12.1. The van der Waals surface area contributed by atoms with E-state index in [1.165, 1.54) is 18.3 Å². The van der Waals surface area contributed by atoms with Crippen LogP contribution in [-0.2, 0) is 0 Å². The van der Waals surface area contributed by atoms with Gasteiger partial charge < -0.3 is 12.9 Å². The number of hydrogen-bond donors (Lipinski definition) is 0. The molecular weight excluding hydrogens is 205 g/mol. The van der Waals surface area contributed by atoms with Crippen LogP contribution in [0.3, 0.4) is 0 Å². The van der Waals surface area contributed by atoms with Crippen molar-refractivity contribution in [3.05, 3.63) is 36.7 Å². The van der Waals surface area contributed by atoms with E-state index in [2.05, 4.69) is 11.6 Å². The Kier molecular flexibility index (Phi) is 5.46. The summed E-state index contributed by atoms with van der Waals surface area (Å²) in [7, 11) is 0. The summed E-state index contributed by atoms with van der Waals surface area (Å²) in [6.45, 7) is -2.07. The minimum Gasteiger partial charge on any atom is -0.445 e. The largest absolute Gasteiger partial charge is 1.00 e. The van der Waals surface area contributed by atoms with E-state index in [1.54, 1.807) is 6.07 Å². The van der Waals surface area contributed by atoms with E-state index >= 15 is 0 Å². The molecule has 1 nitrogen and oxygen atoms in total. The first-order valence-electron chi connectivity index (χ1n) is 3.32. The average molecular weight is 211 g/mol. The van der Waals surface area contributed by atoms with Gasteiger partial charge in [-0.05, 0) is 12.1 Å². The van der Waals surface area contributed by atoms with Gasteiger partial charge in [0.15, 0.2) is 0 Å². The molecule has 0 N–H and O–H groups in total.